The van der Waals surface area contributed by atoms with E-state index in [4.69, 9.17) is 4.74 Å². The topological polar surface area (TPSA) is 133 Å². The van der Waals surface area contributed by atoms with Gasteiger partial charge in [-0.05, 0) is 85.7 Å². The minimum atomic E-state index is -0.739. The van der Waals surface area contributed by atoms with E-state index in [-0.39, 0.29) is 33.9 Å². The second-order valence-electron chi connectivity index (χ2n) is 13.3. The number of non-ortho nitro benzene ring substituents is 1. The summed E-state index contributed by atoms with van der Waals surface area (Å²) in [6, 6.07) is 6.74. The van der Waals surface area contributed by atoms with Crippen molar-refractivity contribution in [1.29, 1.82) is 0 Å². The predicted octanol–water partition coefficient (Wildman–Crippen LogP) is 8.92. The minimum Gasteiger partial charge on any atom is -0.448 e. The van der Waals surface area contributed by atoms with E-state index >= 15 is 0 Å². The Balaban J connectivity index is 1.67. The molecule has 2 aromatic carbocycles. The summed E-state index contributed by atoms with van der Waals surface area (Å²) in [5, 5.41) is 22.9. The Morgan fingerprint density at radius 2 is 1.39 bits per heavy atom. The van der Waals surface area contributed by atoms with Gasteiger partial charge in [0.25, 0.3) is 5.69 Å². The van der Waals surface area contributed by atoms with Crippen LogP contribution in [0.15, 0.2) is 61.8 Å². The number of nitrogens with zero attached hydrogens (tertiary/aromatic N) is 3. The predicted molar refractivity (Wildman–Crippen MR) is 172 cm³/mol. The lowest BCUT2D eigenvalue weighted by Gasteiger charge is -2.49. The van der Waals surface area contributed by atoms with Crippen LogP contribution in [0.3, 0.4) is 0 Å². The van der Waals surface area contributed by atoms with Crippen LogP contribution >= 0.6 is 31.9 Å². The van der Waals surface area contributed by atoms with Crippen molar-refractivity contribution >= 4 is 54.8 Å². The Morgan fingerprint density at radius 3 is 1.84 bits per heavy atom. The third kappa shape index (κ3) is 5.85. The van der Waals surface area contributed by atoms with Gasteiger partial charge in [-0.1, -0.05) is 34.6 Å². The fourth-order valence-electron chi connectivity index (χ4n) is 6.68. The van der Waals surface area contributed by atoms with Crippen LogP contribution in [0.5, 0.6) is 11.5 Å². The first-order valence-corrected chi connectivity index (χ1v) is 16.0. The van der Waals surface area contributed by atoms with E-state index in [0.717, 1.165) is 29.9 Å². The van der Waals surface area contributed by atoms with Gasteiger partial charge in [0.2, 0.25) is 5.75 Å². The quantitative estimate of drug-likeness (QED) is 0.204. The van der Waals surface area contributed by atoms with E-state index in [1.54, 1.807) is 12.1 Å². The average molecular weight is 731 g/mol. The molecule has 232 valence electrons. The van der Waals surface area contributed by atoms with Gasteiger partial charge in [0.15, 0.2) is 17.3 Å². The van der Waals surface area contributed by atoms with Crippen molar-refractivity contribution in [2.24, 2.45) is 10.8 Å². The smallest absolute Gasteiger partial charge is 0.318 e. The summed E-state index contributed by atoms with van der Waals surface area (Å²) in [5.41, 5.74) is 2.56. The number of hydrogen-bond donors (Lipinski definition) is 0. The molecule has 3 aliphatic rings. The molecular formula is C32H33Br2N3O7. The van der Waals surface area contributed by atoms with Crippen LogP contribution < -0.4 is 4.74 Å². The van der Waals surface area contributed by atoms with E-state index in [0.29, 0.717) is 57.9 Å². The number of hydrogen-bond acceptors (Lipinski definition) is 8. The highest BCUT2D eigenvalue weighted by Crippen LogP contribution is 2.55. The maximum atomic E-state index is 14.0. The minimum absolute atomic E-state index is 0.0283. The molecule has 2 aliphatic carbocycles. The second kappa shape index (κ2) is 11.5. The fraction of sp³-hybridized carbons (Fsp3) is 0.438. The number of carbonyl (C=O) groups is 2. The summed E-state index contributed by atoms with van der Waals surface area (Å²) in [6.07, 6.45) is 3.03. The van der Waals surface area contributed by atoms with Gasteiger partial charge >= 0.3 is 5.69 Å². The molecule has 0 amide bonds. The van der Waals surface area contributed by atoms with Crippen molar-refractivity contribution in [3.8, 4) is 11.5 Å². The van der Waals surface area contributed by atoms with Crippen molar-refractivity contribution in [3.05, 3.63) is 87.6 Å². The number of nitro groups is 2. The lowest BCUT2D eigenvalue weighted by molar-refractivity contribution is -0.394. The zero-order chi connectivity index (χ0) is 32.3. The second-order valence-corrected chi connectivity index (χ2v) is 15.0. The van der Waals surface area contributed by atoms with Gasteiger partial charge in [0, 0.05) is 53.9 Å². The fourth-order valence-corrected chi connectivity index (χ4v) is 8.06. The highest BCUT2D eigenvalue weighted by atomic mass is 79.9. The largest absolute Gasteiger partial charge is 0.448 e. The molecule has 1 heterocycles. The maximum absolute atomic E-state index is 14.0. The number of carbonyl (C=O) groups excluding carboxylic acids is 2. The van der Waals surface area contributed by atoms with Crippen LogP contribution in [-0.2, 0) is 9.59 Å². The van der Waals surface area contributed by atoms with E-state index in [9.17, 15) is 29.8 Å². The molecule has 0 spiro atoms. The number of benzene rings is 2. The lowest BCUT2D eigenvalue weighted by atomic mass is 9.63. The van der Waals surface area contributed by atoms with Gasteiger partial charge in [-0.3, -0.25) is 29.8 Å². The van der Waals surface area contributed by atoms with Crippen LogP contribution in [0.1, 0.15) is 78.2 Å². The zero-order valence-electron chi connectivity index (χ0n) is 25.2. The molecule has 0 saturated carbocycles. The Labute approximate surface area is 272 Å². The van der Waals surface area contributed by atoms with Gasteiger partial charge in [-0.25, -0.2) is 0 Å². The Kier molecular flexibility index (Phi) is 8.39. The van der Waals surface area contributed by atoms with E-state index in [2.05, 4.69) is 71.4 Å². The van der Waals surface area contributed by atoms with Crippen LogP contribution in [-0.4, -0.2) is 32.9 Å². The first-order valence-electron chi connectivity index (χ1n) is 14.4. The lowest BCUT2D eigenvalue weighted by Crippen LogP contribution is -2.44. The van der Waals surface area contributed by atoms with Gasteiger partial charge in [-0.2, -0.15) is 0 Å². The van der Waals surface area contributed by atoms with E-state index < -0.39 is 27.1 Å². The number of nitro benzene ring substituents is 2. The summed E-state index contributed by atoms with van der Waals surface area (Å²) in [7, 11) is 0. The third-order valence-electron chi connectivity index (χ3n) is 8.39. The molecule has 0 bridgehead atoms. The number of ketones is 2. The third-order valence-corrected chi connectivity index (χ3v) is 9.56. The molecule has 0 atom stereocenters. The normalized spacial score (nSPS) is 19.6. The van der Waals surface area contributed by atoms with Crippen LogP contribution in [0.25, 0.3) is 0 Å². The van der Waals surface area contributed by atoms with Crippen LogP contribution in [0.4, 0.5) is 11.4 Å². The van der Waals surface area contributed by atoms with Crippen molar-refractivity contribution < 1.29 is 24.2 Å². The number of halogens is 2. The Morgan fingerprint density at radius 1 is 0.864 bits per heavy atom. The summed E-state index contributed by atoms with van der Waals surface area (Å²) >= 11 is 7.11. The Bertz CT molecular complexity index is 1620. The van der Waals surface area contributed by atoms with E-state index in [1.165, 1.54) is 6.07 Å². The maximum Gasteiger partial charge on any atom is 0.318 e. The molecule has 0 radical (unpaired) electrons. The summed E-state index contributed by atoms with van der Waals surface area (Å²) in [6.45, 7) is 11.2. The van der Waals surface area contributed by atoms with Crippen molar-refractivity contribution in [2.45, 2.75) is 72.6 Å². The number of allylic oxidation sites excluding steroid dienone is 4. The highest BCUT2D eigenvalue weighted by Gasteiger charge is 2.49. The van der Waals surface area contributed by atoms with Gasteiger partial charge in [-0.15, -0.1) is 0 Å². The molecule has 0 aromatic heterocycles. The molecular weight excluding hydrogens is 698 g/mol. The van der Waals surface area contributed by atoms with Crippen LogP contribution in [0.2, 0.25) is 0 Å². The molecule has 0 N–H and O–H groups in total. The number of Topliss-reactive ketones (excluding diaryl/α,β-unsaturated/α-hetero) is 2. The Hall–Kier alpha value is -3.38. The van der Waals surface area contributed by atoms with Crippen molar-refractivity contribution in [3.63, 3.8) is 0 Å². The standard InChI is InChI=1S/C32H33Br2N3O7/c1-6-9-35-22-13-31(2,3)15-24(38)28(22)27(29-23(35)14-32(4,5)16-25(29)39)17-10-19(33)30(20(34)11-17)44-26-8-7-18(36(40)41)12-21(26)37(42)43/h7-8,10-12,27H,6,9,13-16H2,1-5H3. The average Bonchev–Trinajstić information content (AvgIpc) is 2.90. The monoisotopic (exact) mass is 729 g/mol. The molecule has 10 nitrogen and oxygen atoms in total. The van der Waals surface area contributed by atoms with Crippen LogP contribution in [0, 0.1) is 31.1 Å². The van der Waals surface area contributed by atoms with Crippen molar-refractivity contribution in [1.82, 2.24) is 4.90 Å². The first-order chi connectivity index (χ1) is 20.5. The zero-order valence-corrected chi connectivity index (χ0v) is 28.3. The summed E-state index contributed by atoms with van der Waals surface area (Å²) in [4.78, 5) is 51.6. The van der Waals surface area contributed by atoms with Crippen molar-refractivity contribution in [2.75, 3.05) is 6.54 Å². The van der Waals surface area contributed by atoms with E-state index in [1.807, 2.05) is 0 Å². The molecule has 44 heavy (non-hydrogen) atoms. The molecule has 0 saturated heterocycles. The molecule has 5 rings (SSSR count). The molecule has 0 fully saturated rings. The first kappa shape index (κ1) is 32.0. The molecule has 12 heteroatoms. The SMILES string of the molecule is CCCN1C2=C(C(=O)CC(C)(C)C2)C(c2cc(Br)c(Oc3ccc([N+](=O)[O-])cc3[N+](=O)[O-])c(Br)c2)C2=C1CC(C)(C)CC2=O. The van der Waals surface area contributed by atoms with Gasteiger partial charge in [0.05, 0.1) is 24.9 Å². The summed E-state index contributed by atoms with van der Waals surface area (Å²) in [5.74, 6) is -0.478. The van der Waals surface area contributed by atoms with Gasteiger partial charge < -0.3 is 9.64 Å². The molecule has 2 aromatic rings. The molecule has 0 unspecified atom stereocenters. The number of rotatable bonds is 7. The summed E-state index contributed by atoms with van der Waals surface area (Å²) < 4.78 is 6.81. The number of ether oxygens (including phenoxy) is 1. The van der Waals surface area contributed by atoms with Gasteiger partial charge in [0.1, 0.15) is 0 Å². The molecule has 1 aliphatic heterocycles. The highest BCUT2D eigenvalue weighted by molar-refractivity contribution is 9.11.